The average Bonchev–Trinajstić information content (AvgIpc) is 2.49. The smallest absolute Gasteiger partial charge is 0.138 e. The van der Waals surface area contributed by atoms with Crippen molar-refractivity contribution < 1.29 is 0 Å². The monoisotopic (exact) mass is 270 g/mol. The van der Waals surface area contributed by atoms with Crippen molar-refractivity contribution in [1.29, 1.82) is 0 Å². The number of nitrogens with zero attached hydrogens (tertiary/aromatic N) is 3. The molecule has 0 radical (unpaired) electrons. The van der Waals surface area contributed by atoms with Crippen LogP contribution in [0.1, 0.15) is 26.6 Å². The lowest BCUT2D eigenvalue weighted by Gasteiger charge is -2.23. The third kappa shape index (κ3) is 3.26. The summed E-state index contributed by atoms with van der Waals surface area (Å²) >= 11 is 0. The molecule has 4 heteroatoms. The molecular formula is C16H22N4. The van der Waals surface area contributed by atoms with Gasteiger partial charge in [-0.05, 0) is 26.0 Å². The maximum absolute atomic E-state index is 4.66. The van der Waals surface area contributed by atoms with Crippen LogP contribution in [0, 0.1) is 0 Å². The van der Waals surface area contributed by atoms with Gasteiger partial charge in [-0.2, -0.15) is 0 Å². The third-order valence-corrected chi connectivity index (χ3v) is 3.09. The van der Waals surface area contributed by atoms with Crippen LogP contribution < -0.4 is 10.2 Å². The number of aryl methyl sites for hydroxylation is 1. The van der Waals surface area contributed by atoms with E-state index in [1.807, 2.05) is 24.3 Å². The van der Waals surface area contributed by atoms with Crippen molar-refractivity contribution in [2.45, 2.75) is 27.2 Å². The van der Waals surface area contributed by atoms with E-state index in [1.54, 1.807) is 0 Å². The van der Waals surface area contributed by atoms with E-state index in [2.05, 4.69) is 53.1 Å². The first-order chi connectivity index (χ1) is 9.78. The minimum Gasteiger partial charge on any atom is -0.370 e. The number of aromatic nitrogens is 2. The number of nitrogens with one attached hydrogen (secondary N) is 1. The summed E-state index contributed by atoms with van der Waals surface area (Å²) in [7, 11) is 0. The Morgan fingerprint density at radius 3 is 2.40 bits per heavy atom. The van der Waals surface area contributed by atoms with Crippen LogP contribution >= 0.6 is 0 Å². The van der Waals surface area contributed by atoms with E-state index >= 15 is 0 Å². The molecule has 0 unspecified atom stereocenters. The molecule has 1 aromatic heterocycles. The van der Waals surface area contributed by atoms with Gasteiger partial charge in [0.15, 0.2) is 0 Å². The molecule has 0 saturated heterocycles. The van der Waals surface area contributed by atoms with Crippen LogP contribution in [0.5, 0.6) is 0 Å². The molecule has 0 aliphatic rings. The van der Waals surface area contributed by atoms with Crippen LogP contribution in [0.4, 0.5) is 17.3 Å². The van der Waals surface area contributed by atoms with E-state index in [0.29, 0.717) is 0 Å². The molecule has 1 aromatic carbocycles. The highest BCUT2D eigenvalue weighted by Gasteiger charge is 2.11. The van der Waals surface area contributed by atoms with Gasteiger partial charge in [-0.25, -0.2) is 9.97 Å². The van der Waals surface area contributed by atoms with Crippen molar-refractivity contribution >= 4 is 17.3 Å². The second-order valence-electron chi connectivity index (χ2n) is 4.49. The average molecular weight is 270 g/mol. The first-order valence-electron chi connectivity index (χ1n) is 7.22. The van der Waals surface area contributed by atoms with E-state index < -0.39 is 0 Å². The maximum atomic E-state index is 4.66. The zero-order valence-electron chi connectivity index (χ0n) is 12.4. The van der Waals surface area contributed by atoms with Crippen LogP contribution in [0.25, 0.3) is 0 Å². The van der Waals surface area contributed by atoms with Crippen LogP contribution in [-0.2, 0) is 6.42 Å². The van der Waals surface area contributed by atoms with Crippen LogP contribution in [0.2, 0.25) is 0 Å². The van der Waals surface area contributed by atoms with E-state index in [0.717, 1.165) is 42.7 Å². The highest BCUT2D eigenvalue weighted by molar-refractivity contribution is 5.62. The quantitative estimate of drug-likeness (QED) is 0.870. The fraction of sp³-hybridized carbons (Fsp3) is 0.375. The predicted octanol–water partition coefficient (Wildman–Crippen LogP) is 3.63. The van der Waals surface area contributed by atoms with Crippen molar-refractivity contribution in [2.75, 3.05) is 23.3 Å². The van der Waals surface area contributed by atoms with Crippen LogP contribution in [0.3, 0.4) is 0 Å². The molecule has 106 valence electrons. The number of hydrogen-bond acceptors (Lipinski definition) is 4. The lowest BCUT2D eigenvalue weighted by Crippen LogP contribution is -2.19. The largest absolute Gasteiger partial charge is 0.370 e. The summed E-state index contributed by atoms with van der Waals surface area (Å²) in [6.45, 7) is 8.01. The summed E-state index contributed by atoms with van der Waals surface area (Å²) in [5.74, 6) is 2.71. The molecule has 0 bridgehead atoms. The number of anilines is 3. The lowest BCUT2D eigenvalue weighted by atomic mass is 10.3. The predicted molar refractivity (Wildman–Crippen MR) is 84.7 cm³/mol. The highest BCUT2D eigenvalue weighted by Crippen LogP contribution is 2.24. The zero-order chi connectivity index (χ0) is 14.4. The SMILES string of the molecule is CCNc1cc(N(CC)c2ccccc2)nc(CC)n1. The van der Waals surface area contributed by atoms with Crippen LogP contribution in [0.15, 0.2) is 36.4 Å². The highest BCUT2D eigenvalue weighted by atomic mass is 15.2. The Hall–Kier alpha value is -2.10. The van der Waals surface area contributed by atoms with Crippen molar-refractivity contribution in [3.63, 3.8) is 0 Å². The molecule has 0 aliphatic heterocycles. The van der Waals surface area contributed by atoms with Gasteiger partial charge in [0, 0.05) is 31.3 Å². The van der Waals surface area contributed by atoms with Crippen molar-refractivity contribution in [1.82, 2.24) is 9.97 Å². The third-order valence-electron chi connectivity index (χ3n) is 3.09. The molecular weight excluding hydrogens is 248 g/mol. The molecule has 0 atom stereocenters. The molecule has 0 amide bonds. The fourth-order valence-electron chi connectivity index (χ4n) is 2.14. The summed E-state index contributed by atoms with van der Waals surface area (Å²) in [5, 5.41) is 3.28. The first kappa shape index (κ1) is 14.3. The Morgan fingerprint density at radius 1 is 1.05 bits per heavy atom. The van der Waals surface area contributed by atoms with Gasteiger partial charge in [0.05, 0.1) is 0 Å². The topological polar surface area (TPSA) is 41.0 Å². The van der Waals surface area contributed by atoms with Gasteiger partial charge in [-0.3, -0.25) is 0 Å². The Labute approximate surface area is 120 Å². The molecule has 0 saturated carbocycles. The minimum absolute atomic E-state index is 0.832. The van der Waals surface area contributed by atoms with E-state index in [9.17, 15) is 0 Å². The summed E-state index contributed by atoms with van der Waals surface area (Å²) in [5.41, 5.74) is 1.15. The number of rotatable bonds is 6. The number of para-hydroxylation sites is 1. The van der Waals surface area contributed by atoms with Crippen molar-refractivity contribution in [3.05, 3.63) is 42.2 Å². The number of benzene rings is 1. The molecule has 1 N–H and O–H groups in total. The van der Waals surface area contributed by atoms with Gasteiger partial charge >= 0.3 is 0 Å². The van der Waals surface area contributed by atoms with Crippen molar-refractivity contribution in [3.8, 4) is 0 Å². The van der Waals surface area contributed by atoms with Gasteiger partial charge < -0.3 is 10.2 Å². The lowest BCUT2D eigenvalue weighted by molar-refractivity contribution is 0.901. The summed E-state index contributed by atoms with van der Waals surface area (Å²) in [6, 6.07) is 12.3. The molecule has 2 rings (SSSR count). The molecule has 4 nitrogen and oxygen atoms in total. The van der Waals surface area contributed by atoms with Gasteiger partial charge in [0.2, 0.25) is 0 Å². The van der Waals surface area contributed by atoms with Gasteiger partial charge in [-0.1, -0.05) is 25.1 Å². The zero-order valence-corrected chi connectivity index (χ0v) is 12.4. The summed E-state index contributed by atoms with van der Waals surface area (Å²) < 4.78 is 0. The molecule has 0 spiro atoms. The molecule has 1 heterocycles. The molecule has 2 aromatic rings. The van der Waals surface area contributed by atoms with Crippen LogP contribution in [-0.4, -0.2) is 23.1 Å². The Bertz CT molecular complexity index is 539. The standard InChI is InChI=1S/C16H22N4/c1-4-14-18-15(17-5-2)12-16(19-14)20(6-3)13-10-8-7-9-11-13/h7-12H,4-6H2,1-3H3,(H,17,18,19). The van der Waals surface area contributed by atoms with E-state index in [-0.39, 0.29) is 0 Å². The Kier molecular flexibility index (Phi) is 4.93. The Morgan fingerprint density at radius 2 is 1.80 bits per heavy atom. The summed E-state index contributed by atoms with van der Waals surface area (Å²) in [4.78, 5) is 11.4. The van der Waals surface area contributed by atoms with Crippen molar-refractivity contribution in [2.24, 2.45) is 0 Å². The van der Waals surface area contributed by atoms with E-state index in [1.165, 1.54) is 0 Å². The summed E-state index contributed by atoms with van der Waals surface area (Å²) in [6.07, 6.45) is 0.832. The molecule has 0 fully saturated rings. The Balaban J connectivity index is 2.40. The minimum atomic E-state index is 0.832. The van der Waals surface area contributed by atoms with E-state index in [4.69, 9.17) is 0 Å². The molecule has 0 aliphatic carbocycles. The maximum Gasteiger partial charge on any atom is 0.138 e. The second-order valence-corrected chi connectivity index (χ2v) is 4.49. The van der Waals surface area contributed by atoms with Gasteiger partial charge in [0.25, 0.3) is 0 Å². The number of hydrogen-bond donors (Lipinski definition) is 1. The first-order valence-corrected chi connectivity index (χ1v) is 7.22. The molecule has 20 heavy (non-hydrogen) atoms. The normalized spacial score (nSPS) is 10.3. The fourth-order valence-corrected chi connectivity index (χ4v) is 2.14. The van der Waals surface area contributed by atoms with Gasteiger partial charge in [-0.15, -0.1) is 0 Å². The van der Waals surface area contributed by atoms with Gasteiger partial charge in [0.1, 0.15) is 17.5 Å². The second kappa shape index (κ2) is 6.89.